The predicted molar refractivity (Wildman–Crippen MR) is 96.3 cm³/mol. The number of hydrogen-bond acceptors (Lipinski definition) is 5. The van der Waals surface area contributed by atoms with Crippen molar-refractivity contribution in [2.75, 3.05) is 17.7 Å². The molecule has 7 nitrogen and oxygen atoms in total. The molecule has 3 aromatic rings. The fourth-order valence-corrected chi connectivity index (χ4v) is 2.51. The molecule has 0 atom stereocenters. The Morgan fingerprint density at radius 2 is 1.86 bits per heavy atom. The van der Waals surface area contributed by atoms with Crippen molar-refractivity contribution in [3.63, 3.8) is 0 Å². The van der Waals surface area contributed by atoms with Gasteiger partial charge in [0.25, 0.3) is 5.91 Å². The number of benzene rings is 2. The Hall–Kier alpha value is -3.56. The van der Waals surface area contributed by atoms with Crippen molar-refractivity contribution < 1.29 is 22.7 Å². The van der Waals surface area contributed by atoms with E-state index in [4.69, 9.17) is 10.5 Å². The summed E-state index contributed by atoms with van der Waals surface area (Å²) < 4.78 is 45.8. The van der Waals surface area contributed by atoms with Crippen molar-refractivity contribution in [2.24, 2.45) is 0 Å². The zero-order chi connectivity index (χ0) is 20.3. The maximum atomic E-state index is 13.1. The topological polar surface area (TPSA) is 95.1 Å². The van der Waals surface area contributed by atoms with E-state index in [9.17, 15) is 18.0 Å². The molecule has 0 radical (unpaired) electrons. The number of anilines is 2. The van der Waals surface area contributed by atoms with Gasteiger partial charge in [-0.15, -0.1) is 5.10 Å². The fourth-order valence-electron chi connectivity index (χ4n) is 2.51. The first-order valence-corrected chi connectivity index (χ1v) is 8.23. The Bertz CT molecular complexity index is 984. The third kappa shape index (κ3) is 3.90. The smallest absolute Gasteiger partial charge is 0.418 e. The lowest BCUT2D eigenvalue weighted by atomic mass is 10.1. The summed E-state index contributed by atoms with van der Waals surface area (Å²) in [5.74, 6) is -0.357. The number of nitrogens with two attached hydrogens (primary N) is 1. The van der Waals surface area contributed by atoms with Gasteiger partial charge in [-0.05, 0) is 43.3 Å². The van der Waals surface area contributed by atoms with E-state index in [0.29, 0.717) is 18.0 Å². The molecule has 0 fully saturated rings. The van der Waals surface area contributed by atoms with Crippen LogP contribution in [0.1, 0.15) is 23.0 Å². The Kier molecular flexibility index (Phi) is 5.21. The number of carbonyl (C=O) groups excluding carboxylic acids is 1. The quantitative estimate of drug-likeness (QED) is 0.694. The number of para-hydroxylation sites is 1. The van der Waals surface area contributed by atoms with Gasteiger partial charge in [0.2, 0.25) is 0 Å². The van der Waals surface area contributed by atoms with Crippen molar-refractivity contribution in [3.8, 4) is 11.4 Å². The van der Waals surface area contributed by atoms with E-state index in [-0.39, 0.29) is 11.5 Å². The molecule has 3 N–H and O–H groups in total. The van der Waals surface area contributed by atoms with Gasteiger partial charge in [-0.3, -0.25) is 4.79 Å². The van der Waals surface area contributed by atoms with Gasteiger partial charge in [0, 0.05) is 0 Å². The minimum atomic E-state index is -4.62. The van der Waals surface area contributed by atoms with Crippen LogP contribution in [0.5, 0.6) is 5.75 Å². The van der Waals surface area contributed by atoms with Crippen molar-refractivity contribution in [2.45, 2.75) is 13.1 Å². The van der Waals surface area contributed by atoms with Crippen molar-refractivity contribution in [1.82, 2.24) is 15.0 Å². The Labute approximate surface area is 157 Å². The second kappa shape index (κ2) is 7.59. The first-order valence-electron chi connectivity index (χ1n) is 8.23. The number of halogens is 3. The fraction of sp³-hybridized carbons (Fsp3) is 0.167. The molecule has 10 heteroatoms. The summed E-state index contributed by atoms with van der Waals surface area (Å²) in [5.41, 5.74) is 4.80. The summed E-state index contributed by atoms with van der Waals surface area (Å²) in [6.45, 7) is 2.36. The number of nitrogen functional groups attached to an aromatic ring is 1. The lowest BCUT2D eigenvalue weighted by Crippen LogP contribution is -2.18. The van der Waals surface area contributed by atoms with E-state index < -0.39 is 23.3 Å². The van der Waals surface area contributed by atoms with Gasteiger partial charge >= 0.3 is 6.18 Å². The molecule has 2 aromatic carbocycles. The first-order chi connectivity index (χ1) is 13.3. The second-order valence-corrected chi connectivity index (χ2v) is 5.66. The molecular formula is C18H16F3N5O2. The Balaban J connectivity index is 1.85. The highest BCUT2D eigenvalue weighted by atomic mass is 19.4. The van der Waals surface area contributed by atoms with Crippen molar-refractivity contribution in [3.05, 3.63) is 59.8 Å². The number of nitrogens with zero attached hydrogens (tertiary/aromatic N) is 3. The van der Waals surface area contributed by atoms with Gasteiger partial charge in [0.1, 0.15) is 5.75 Å². The van der Waals surface area contributed by atoms with Gasteiger partial charge in [-0.1, -0.05) is 17.3 Å². The molecule has 0 spiro atoms. The summed E-state index contributed by atoms with van der Waals surface area (Å²) in [5, 5.41) is 9.71. The van der Waals surface area contributed by atoms with Gasteiger partial charge in [0.05, 0.1) is 23.5 Å². The lowest BCUT2D eigenvalue weighted by molar-refractivity contribution is -0.136. The van der Waals surface area contributed by atoms with E-state index >= 15 is 0 Å². The molecule has 0 aliphatic carbocycles. The van der Waals surface area contributed by atoms with Crippen LogP contribution in [0.2, 0.25) is 0 Å². The SMILES string of the molecule is CCOc1ccc(-n2nnc(C(=O)Nc3ccccc3C(F)(F)F)c2N)cc1. The molecule has 0 aliphatic heterocycles. The summed E-state index contributed by atoms with van der Waals surface area (Å²) in [7, 11) is 0. The third-order valence-corrected chi connectivity index (χ3v) is 3.79. The first kappa shape index (κ1) is 19.2. The average Bonchev–Trinajstić information content (AvgIpc) is 3.04. The van der Waals surface area contributed by atoms with Gasteiger partial charge in [-0.25, -0.2) is 0 Å². The Morgan fingerprint density at radius 1 is 1.18 bits per heavy atom. The summed E-state index contributed by atoms with van der Waals surface area (Å²) in [6, 6.07) is 11.3. The zero-order valence-electron chi connectivity index (χ0n) is 14.7. The number of amides is 1. The standard InChI is InChI=1S/C18H16F3N5O2/c1-2-28-12-9-7-11(8-10-12)26-16(22)15(24-25-26)17(27)23-14-6-4-3-5-13(14)18(19,20)21/h3-10H,2,22H2,1H3,(H,23,27). The van der Waals surface area contributed by atoms with Crippen LogP contribution in [0.15, 0.2) is 48.5 Å². The normalized spacial score (nSPS) is 11.3. The molecule has 146 valence electrons. The molecule has 0 aliphatic rings. The molecule has 0 bridgehead atoms. The van der Waals surface area contributed by atoms with E-state index in [1.54, 1.807) is 24.3 Å². The summed E-state index contributed by atoms with van der Waals surface area (Å²) in [4.78, 5) is 12.4. The molecule has 3 rings (SSSR count). The molecule has 1 amide bonds. The van der Waals surface area contributed by atoms with Crippen molar-refractivity contribution >= 4 is 17.4 Å². The minimum absolute atomic E-state index is 0.105. The van der Waals surface area contributed by atoms with E-state index in [0.717, 1.165) is 12.1 Å². The van der Waals surface area contributed by atoms with Gasteiger partial charge in [-0.2, -0.15) is 17.9 Å². The number of carbonyl (C=O) groups is 1. The summed E-state index contributed by atoms with van der Waals surface area (Å²) in [6.07, 6.45) is -4.62. The highest BCUT2D eigenvalue weighted by Gasteiger charge is 2.34. The highest BCUT2D eigenvalue weighted by Crippen LogP contribution is 2.34. The van der Waals surface area contributed by atoms with Crippen LogP contribution in [0.4, 0.5) is 24.7 Å². The monoisotopic (exact) mass is 391 g/mol. The van der Waals surface area contributed by atoms with Gasteiger partial charge < -0.3 is 15.8 Å². The highest BCUT2D eigenvalue weighted by molar-refractivity contribution is 6.06. The number of hydrogen-bond donors (Lipinski definition) is 2. The largest absolute Gasteiger partial charge is 0.494 e. The molecule has 0 unspecified atom stereocenters. The summed E-state index contributed by atoms with van der Waals surface area (Å²) >= 11 is 0. The van der Waals surface area contributed by atoms with E-state index in [1.807, 2.05) is 6.92 Å². The van der Waals surface area contributed by atoms with Crippen LogP contribution in [0.25, 0.3) is 5.69 Å². The van der Waals surface area contributed by atoms with Crippen LogP contribution < -0.4 is 15.8 Å². The van der Waals surface area contributed by atoms with Crippen LogP contribution in [0.3, 0.4) is 0 Å². The van der Waals surface area contributed by atoms with E-state index in [1.165, 1.54) is 16.8 Å². The number of nitrogens with one attached hydrogen (secondary N) is 1. The third-order valence-electron chi connectivity index (χ3n) is 3.79. The maximum absolute atomic E-state index is 13.1. The maximum Gasteiger partial charge on any atom is 0.418 e. The van der Waals surface area contributed by atoms with Gasteiger partial charge in [0.15, 0.2) is 11.5 Å². The van der Waals surface area contributed by atoms with Crippen LogP contribution in [-0.2, 0) is 6.18 Å². The second-order valence-electron chi connectivity index (χ2n) is 5.66. The van der Waals surface area contributed by atoms with Crippen LogP contribution in [0, 0.1) is 0 Å². The Morgan fingerprint density at radius 3 is 2.50 bits per heavy atom. The average molecular weight is 391 g/mol. The number of aromatic nitrogens is 3. The van der Waals surface area contributed by atoms with Crippen molar-refractivity contribution in [1.29, 1.82) is 0 Å². The molecular weight excluding hydrogens is 375 g/mol. The molecule has 0 saturated heterocycles. The molecule has 1 aromatic heterocycles. The lowest BCUT2D eigenvalue weighted by Gasteiger charge is -2.13. The number of alkyl halides is 3. The van der Waals surface area contributed by atoms with Crippen LogP contribution >= 0.6 is 0 Å². The van der Waals surface area contributed by atoms with Crippen LogP contribution in [-0.4, -0.2) is 27.5 Å². The number of ether oxygens (including phenoxy) is 1. The zero-order valence-corrected chi connectivity index (χ0v) is 14.7. The predicted octanol–water partition coefficient (Wildman–Crippen LogP) is 3.52. The number of rotatable bonds is 5. The molecule has 28 heavy (non-hydrogen) atoms. The van der Waals surface area contributed by atoms with E-state index in [2.05, 4.69) is 15.6 Å². The molecule has 0 saturated carbocycles. The molecule has 1 heterocycles. The minimum Gasteiger partial charge on any atom is -0.494 e.